The van der Waals surface area contributed by atoms with E-state index in [2.05, 4.69) is 10.5 Å². The molecule has 0 aliphatic carbocycles. The second kappa shape index (κ2) is 9.19. The number of hydrazine groups is 1. The topological polar surface area (TPSA) is 163 Å². The second-order valence-corrected chi connectivity index (χ2v) is 9.95. The number of aromatic nitrogens is 2. The fourth-order valence-corrected chi connectivity index (χ4v) is 4.60. The maximum absolute atomic E-state index is 12.4. The van der Waals surface area contributed by atoms with Gasteiger partial charge in [-0.3, -0.25) is 30.0 Å². The van der Waals surface area contributed by atoms with Crippen LogP contribution in [0, 0.1) is 10.1 Å². The Hall–Kier alpha value is -4.65. The van der Waals surface area contributed by atoms with Crippen LogP contribution < -0.4 is 20.9 Å². The van der Waals surface area contributed by atoms with Crippen molar-refractivity contribution in [1.29, 1.82) is 0 Å². The van der Waals surface area contributed by atoms with Crippen molar-refractivity contribution in [3.8, 4) is 11.5 Å². The fourth-order valence-electron chi connectivity index (χ4n) is 3.76. The Morgan fingerprint density at radius 3 is 2.47 bits per heavy atom. The zero-order valence-corrected chi connectivity index (χ0v) is 20.3. The van der Waals surface area contributed by atoms with E-state index in [0.717, 1.165) is 6.26 Å². The van der Waals surface area contributed by atoms with Gasteiger partial charge in [-0.2, -0.15) is 5.10 Å². The lowest BCUT2D eigenvalue weighted by Gasteiger charge is -2.26. The number of benzene rings is 3. The molecule has 1 aromatic heterocycles. The predicted molar refractivity (Wildman–Crippen MR) is 134 cm³/mol. The number of ether oxygens (including phenoxy) is 1. The number of non-ortho nitro benzene ring substituents is 1. The van der Waals surface area contributed by atoms with Crippen molar-refractivity contribution in [2.24, 2.45) is 12.8 Å². The number of rotatable bonds is 8. The number of nitrogens with two attached hydrogens (primary N) is 1. The van der Waals surface area contributed by atoms with Crippen LogP contribution in [-0.4, -0.2) is 42.3 Å². The molecule has 0 bridgehead atoms. The molecule has 4 rings (SSSR count). The van der Waals surface area contributed by atoms with Crippen LogP contribution in [0.15, 0.2) is 65.7 Å². The molecule has 0 saturated carbocycles. The van der Waals surface area contributed by atoms with Gasteiger partial charge in [-0.15, -0.1) is 0 Å². The van der Waals surface area contributed by atoms with Crippen LogP contribution >= 0.6 is 0 Å². The summed E-state index contributed by atoms with van der Waals surface area (Å²) in [6, 6.07) is 14.1. The number of nitrogens with one attached hydrogen (secondary N) is 1. The number of fused-ring (bicyclic) bond motifs is 1. The first-order valence-corrected chi connectivity index (χ1v) is 12.4. The number of hydrogen-bond donors (Lipinski definition) is 2. The number of carbonyl (C=O) groups is 1. The highest BCUT2D eigenvalue weighted by atomic mass is 32.2. The van der Waals surface area contributed by atoms with E-state index in [1.807, 2.05) is 0 Å². The molecule has 36 heavy (non-hydrogen) atoms. The molecule has 3 N–H and O–H groups in total. The Kier molecular flexibility index (Phi) is 6.24. The van der Waals surface area contributed by atoms with E-state index in [-0.39, 0.29) is 33.5 Å². The van der Waals surface area contributed by atoms with E-state index in [1.165, 1.54) is 40.2 Å². The third kappa shape index (κ3) is 4.63. The van der Waals surface area contributed by atoms with Crippen molar-refractivity contribution in [2.45, 2.75) is 4.90 Å². The van der Waals surface area contributed by atoms with E-state index in [0.29, 0.717) is 16.5 Å². The third-order valence-corrected chi connectivity index (χ3v) is 6.49. The fraction of sp³-hybridized carbons (Fsp3) is 0.130. The summed E-state index contributed by atoms with van der Waals surface area (Å²) in [7, 11) is -0.427. The summed E-state index contributed by atoms with van der Waals surface area (Å²) in [4.78, 5) is 22.9. The molecule has 0 aliphatic rings. The van der Waals surface area contributed by atoms with Gasteiger partial charge in [0, 0.05) is 37.9 Å². The first-order valence-electron chi connectivity index (χ1n) is 10.5. The van der Waals surface area contributed by atoms with E-state index < -0.39 is 20.7 Å². The Labute approximate surface area is 205 Å². The van der Waals surface area contributed by atoms with Crippen molar-refractivity contribution in [3.63, 3.8) is 0 Å². The van der Waals surface area contributed by atoms with Crippen LogP contribution in [0.2, 0.25) is 0 Å². The summed E-state index contributed by atoms with van der Waals surface area (Å²) >= 11 is 0. The van der Waals surface area contributed by atoms with Gasteiger partial charge in [-0.25, -0.2) is 8.42 Å². The number of amides is 1. The van der Waals surface area contributed by atoms with Crippen LogP contribution in [-0.2, 0) is 16.9 Å². The van der Waals surface area contributed by atoms with Crippen molar-refractivity contribution in [1.82, 2.24) is 9.78 Å². The van der Waals surface area contributed by atoms with E-state index in [4.69, 9.17) is 10.5 Å². The lowest BCUT2D eigenvalue weighted by molar-refractivity contribution is -0.384. The van der Waals surface area contributed by atoms with Crippen LogP contribution in [0.4, 0.5) is 17.2 Å². The van der Waals surface area contributed by atoms with Crippen molar-refractivity contribution < 1.29 is 22.9 Å². The maximum atomic E-state index is 12.4. The molecule has 0 spiro atoms. The first-order chi connectivity index (χ1) is 17.0. The zero-order chi connectivity index (χ0) is 26.2. The van der Waals surface area contributed by atoms with Crippen LogP contribution in [0.3, 0.4) is 0 Å². The normalized spacial score (nSPS) is 11.3. The van der Waals surface area contributed by atoms with Crippen molar-refractivity contribution in [2.75, 3.05) is 23.7 Å². The molecule has 3 aromatic carbocycles. The quantitative estimate of drug-likeness (QED) is 0.267. The van der Waals surface area contributed by atoms with Gasteiger partial charge in [0.2, 0.25) is 0 Å². The molecular weight excluding hydrogens is 488 g/mol. The van der Waals surface area contributed by atoms with Crippen molar-refractivity contribution in [3.05, 3.63) is 76.5 Å². The van der Waals surface area contributed by atoms with Gasteiger partial charge >= 0.3 is 0 Å². The van der Waals surface area contributed by atoms with Gasteiger partial charge in [0.15, 0.2) is 21.4 Å². The number of hydrogen-bond acceptors (Lipinski definition) is 9. The minimum atomic E-state index is -3.61. The number of sulfone groups is 1. The molecule has 13 heteroatoms. The monoisotopic (exact) mass is 510 g/mol. The summed E-state index contributed by atoms with van der Waals surface area (Å²) in [5.74, 6) is -0.237. The van der Waals surface area contributed by atoms with Gasteiger partial charge in [0.1, 0.15) is 16.3 Å². The molecule has 0 fully saturated rings. The molecule has 1 amide bonds. The standard InChI is InChI=1S/C23H22N6O6S/c1-27-23(19(13-25-27)36(3,33)34)28(2)26-20-17-7-5-4-6-14(17)12-18(22(24)30)21(20)35-16-10-8-15(9-11-16)29(31)32/h4-13,26H,1-3H3,(H2,24,30). The van der Waals surface area contributed by atoms with Crippen LogP contribution in [0.1, 0.15) is 10.4 Å². The lowest BCUT2D eigenvalue weighted by Crippen LogP contribution is -2.29. The van der Waals surface area contributed by atoms with Gasteiger partial charge in [0.25, 0.3) is 11.6 Å². The maximum Gasteiger partial charge on any atom is 0.269 e. The first kappa shape index (κ1) is 24.5. The Bertz CT molecular complexity index is 1600. The third-order valence-electron chi connectivity index (χ3n) is 5.41. The molecule has 0 aliphatic heterocycles. The van der Waals surface area contributed by atoms with Crippen LogP contribution in [0.25, 0.3) is 10.8 Å². The average molecular weight is 511 g/mol. The zero-order valence-electron chi connectivity index (χ0n) is 19.5. The minimum absolute atomic E-state index is 0.00630. The second-order valence-electron chi connectivity index (χ2n) is 7.97. The number of nitro groups is 1. The molecule has 0 unspecified atom stereocenters. The van der Waals surface area contributed by atoms with Gasteiger partial charge < -0.3 is 10.5 Å². The highest BCUT2D eigenvalue weighted by Crippen LogP contribution is 2.41. The average Bonchev–Trinajstić information content (AvgIpc) is 3.22. The smallest absolute Gasteiger partial charge is 0.269 e. The Morgan fingerprint density at radius 1 is 1.19 bits per heavy atom. The minimum Gasteiger partial charge on any atom is -0.454 e. The van der Waals surface area contributed by atoms with Gasteiger partial charge in [-0.05, 0) is 23.6 Å². The van der Waals surface area contributed by atoms with E-state index in [1.54, 1.807) is 44.4 Å². The number of nitrogens with zero attached hydrogens (tertiary/aromatic N) is 4. The molecule has 186 valence electrons. The molecule has 1 heterocycles. The summed E-state index contributed by atoms with van der Waals surface area (Å²) < 4.78 is 32.1. The molecule has 4 aromatic rings. The lowest BCUT2D eigenvalue weighted by atomic mass is 10.0. The highest BCUT2D eigenvalue weighted by molar-refractivity contribution is 7.90. The molecule has 12 nitrogen and oxygen atoms in total. The van der Waals surface area contributed by atoms with Gasteiger partial charge in [-0.1, -0.05) is 24.3 Å². The number of primary amides is 1. The summed E-state index contributed by atoms with van der Waals surface area (Å²) in [6.45, 7) is 0. The molecule has 0 radical (unpaired) electrons. The number of nitro benzene ring substituents is 1. The summed E-state index contributed by atoms with van der Waals surface area (Å²) in [6.07, 6.45) is 2.32. The Balaban J connectivity index is 1.89. The SMILES string of the molecule is CN(Nc1c(Oc2ccc([N+](=O)[O-])cc2)c(C(N)=O)cc2ccccc12)c1c(S(C)(=O)=O)cnn1C. The van der Waals surface area contributed by atoms with E-state index in [9.17, 15) is 23.3 Å². The van der Waals surface area contributed by atoms with Gasteiger partial charge in [0.05, 0.1) is 16.7 Å². The predicted octanol–water partition coefficient (Wildman–Crippen LogP) is 3.24. The largest absolute Gasteiger partial charge is 0.454 e. The number of anilines is 2. The molecule has 0 saturated heterocycles. The van der Waals surface area contributed by atoms with Crippen LogP contribution in [0.5, 0.6) is 11.5 Å². The van der Waals surface area contributed by atoms with Crippen molar-refractivity contribution >= 4 is 43.7 Å². The molecular formula is C23H22N6O6S. The summed E-state index contributed by atoms with van der Waals surface area (Å²) in [5, 5.41) is 17.8. The Morgan fingerprint density at radius 2 is 1.86 bits per heavy atom. The van der Waals surface area contributed by atoms with E-state index >= 15 is 0 Å². The highest BCUT2D eigenvalue weighted by Gasteiger charge is 2.25. The summed E-state index contributed by atoms with van der Waals surface area (Å²) in [5.41, 5.74) is 9.05. The number of carbonyl (C=O) groups excluding carboxylic acids is 1. The molecule has 0 atom stereocenters. The number of aryl methyl sites for hydroxylation is 1.